The van der Waals surface area contributed by atoms with Crippen molar-refractivity contribution < 1.29 is 33.4 Å². The van der Waals surface area contributed by atoms with E-state index in [9.17, 15) is 19.2 Å². The van der Waals surface area contributed by atoms with Crippen molar-refractivity contribution in [1.29, 1.82) is 0 Å². The lowest BCUT2D eigenvalue weighted by atomic mass is 9.79. The van der Waals surface area contributed by atoms with Gasteiger partial charge in [0.1, 0.15) is 17.8 Å². The number of likely N-dealkylation sites (tertiary alicyclic amines) is 1. The molecule has 0 spiro atoms. The van der Waals surface area contributed by atoms with Crippen LogP contribution in [0.4, 0.5) is 9.59 Å². The summed E-state index contributed by atoms with van der Waals surface area (Å²) in [4.78, 5) is 50.9. The lowest BCUT2D eigenvalue weighted by Crippen LogP contribution is -2.71. The van der Waals surface area contributed by atoms with E-state index in [-0.39, 0.29) is 26.0 Å². The van der Waals surface area contributed by atoms with Crippen LogP contribution in [0, 0.1) is 0 Å². The highest BCUT2D eigenvalue weighted by Gasteiger charge is 2.61. The summed E-state index contributed by atoms with van der Waals surface area (Å²) in [6.07, 6.45) is -1.23. The van der Waals surface area contributed by atoms with E-state index in [4.69, 9.17) is 14.2 Å². The fourth-order valence-corrected chi connectivity index (χ4v) is 3.32. The number of benzene rings is 1. The Labute approximate surface area is 194 Å². The number of esters is 1. The molecule has 33 heavy (non-hydrogen) atoms. The lowest BCUT2D eigenvalue weighted by molar-refractivity contribution is -0.186. The smallest absolute Gasteiger partial charge is 0.418 e. The number of alkyl carbamates (subject to hydrolysis) is 1. The lowest BCUT2D eigenvalue weighted by Gasteiger charge is -2.48. The van der Waals surface area contributed by atoms with Gasteiger partial charge in [0, 0.05) is 6.54 Å². The molecule has 3 amide bonds. The van der Waals surface area contributed by atoms with Crippen molar-refractivity contribution >= 4 is 24.1 Å². The van der Waals surface area contributed by atoms with Gasteiger partial charge >= 0.3 is 18.2 Å². The van der Waals surface area contributed by atoms with Crippen LogP contribution >= 0.6 is 0 Å². The van der Waals surface area contributed by atoms with E-state index in [1.165, 1.54) is 0 Å². The van der Waals surface area contributed by atoms with Gasteiger partial charge in [0.25, 0.3) is 0 Å². The van der Waals surface area contributed by atoms with Gasteiger partial charge in [-0.25, -0.2) is 19.3 Å². The molecule has 1 heterocycles. The van der Waals surface area contributed by atoms with E-state index in [2.05, 4.69) is 5.32 Å². The number of imide groups is 1. The Morgan fingerprint density at radius 2 is 1.61 bits per heavy atom. The van der Waals surface area contributed by atoms with Gasteiger partial charge in [-0.2, -0.15) is 0 Å². The summed E-state index contributed by atoms with van der Waals surface area (Å²) in [6, 6.07) is 9.26. The molecule has 0 saturated carbocycles. The summed E-state index contributed by atoms with van der Waals surface area (Å²) in [5.41, 5.74) is -2.25. The Hall–Kier alpha value is -3.10. The topological polar surface area (TPSA) is 111 Å². The van der Waals surface area contributed by atoms with Crippen LogP contribution in [-0.2, 0) is 30.4 Å². The first-order chi connectivity index (χ1) is 15.2. The zero-order valence-corrected chi connectivity index (χ0v) is 20.2. The monoisotopic (exact) mass is 462 g/mol. The highest BCUT2D eigenvalue weighted by molar-refractivity contribution is 6.08. The Morgan fingerprint density at radius 3 is 2.15 bits per heavy atom. The average molecular weight is 463 g/mol. The number of hydrogen-bond acceptors (Lipinski definition) is 7. The van der Waals surface area contributed by atoms with Gasteiger partial charge in [-0.05, 0) is 59.9 Å². The SMILES string of the molecule is CC(C)(C)OC(=O)N1C(=O)CC1(CCCNC(=O)OCc1ccccc1)C(=O)OC(C)(C)C. The third-order valence-corrected chi connectivity index (χ3v) is 4.73. The Kier molecular flexibility index (Phi) is 8.11. The van der Waals surface area contributed by atoms with Crippen molar-refractivity contribution in [2.75, 3.05) is 6.54 Å². The summed E-state index contributed by atoms with van der Waals surface area (Å²) in [7, 11) is 0. The molecule has 9 heteroatoms. The number of carbonyl (C=O) groups is 4. The van der Waals surface area contributed by atoms with Crippen LogP contribution in [0.2, 0.25) is 0 Å². The maximum atomic E-state index is 13.0. The van der Waals surface area contributed by atoms with E-state index in [1.807, 2.05) is 30.3 Å². The number of rotatable bonds is 7. The van der Waals surface area contributed by atoms with E-state index in [0.717, 1.165) is 10.5 Å². The molecule has 1 N–H and O–H groups in total. The van der Waals surface area contributed by atoms with Crippen LogP contribution < -0.4 is 5.32 Å². The minimum absolute atomic E-state index is 0.117. The van der Waals surface area contributed by atoms with Crippen molar-refractivity contribution in [2.45, 2.75) is 84.2 Å². The van der Waals surface area contributed by atoms with Gasteiger partial charge < -0.3 is 19.5 Å². The Morgan fingerprint density at radius 1 is 1.00 bits per heavy atom. The van der Waals surface area contributed by atoms with Crippen molar-refractivity contribution in [3.63, 3.8) is 0 Å². The van der Waals surface area contributed by atoms with Crippen molar-refractivity contribution in [1.82, 2.24) is 10.2 Å². The molecule has 0 bridgehead atoms. The second kappa shape index (κ2) is 10.2. The highest BCUT2D eigenvalue weighted by Crippen LogP contribution is 2.39. The summed E-state index contributed by atoms with van der Waals surface area (Å²) in [5.74, 6) is -1.18. The molecule has 9 nitrogen and oxygen atoms in total. The largest absolute Gasteiger partial charge is 0.458 e. The third kappa shape index (κ3) is 7.47. The van der Waals surface area contributed by atoms with Gasteiger partial charge in [-0.15, -0.1) is 0 Å². The van der Waals surface area contributed by atoms with Gasteiger partial charge in [0.2, 0.25) is 5.91 Å². The number of nitrogens with zero attached hydrogens (tertiary/aromatic N) is 1. The van der Waals surface area contributed by atoms with Gasteiger partial charge in [0.15, 0.2) is 5.54 Å². The molecule has 1 aromatic rings. The fraction of sp³-hybridized carbons (Fsp3) is 0.583. The van der Waals surface area contributed by atoms with Crippen molar-refractivity contribution in [2.24, 2.45) is 0 Å². The van der Waals surface area contributed by atoms with Crippen LogP contribution in [0.3, 0.4) is 0 Å². The Balaban J connectivity index is 2.00. The maximum absolute atomic E-state index is 13.0. The molecular weight excluding hydrogens is 428 g/mol. The standard InChI is InChI=1S/C24H34N2O7/c1-22(2,3)32-19(28)24(15-18(27)26(24)21(30)33-23(4,5)6)13-10-14-25-20(29)31-16-17-11-8-7-9-12-17/h7-9,11-12H,10,13-16H2,1-6H3,(H,25,29). The first-order valence-corrected chi connectivity index (χ1v) is 11.0. The third-order valence-electron chi connectivity index (χ3n) is 4.73. The predicted octanol–water partition coefficient (Wildman–Crippen LogP) is 3.94. The molecule has 1 unspecified atom stereocenters. The summed E-state index contributed by atoms with van der Waals surface area (Å²) in [6.45, 7) is 10.5. The Bertz CT molecular complexity index is 871. The predicted molar refractivity (Wildman–Crippen MR) is 120 cm³/mol. The zero-order chi connectivity index (χ0) is 24.9. The van der Waals surface area contributed by atoms with Gasteiger partial charge in [0.05, 0.1) is 6.42 Å². The number of amides is 3. The van der Waals surface area contributed by atoms with Gasteiger partial charge in [-0.1, -0.05) is 30.3 Å². The summed E-state index contributed by atoms with van der Waals surface area (Å²) < 4.78 is 16.0. The van der Waals surface area contributed by atoms with Crippen LogP contribution in [0.25, 0.3) is 0 Å². The normalized spacial score (nSPS) is 18.2. The van der Waals surface area contributed by atoms with E-state index in [0.29, 0.717) is 6.42 Å². The highest BCUT2D eigenvalue weighted by atomic mass is 16.6. The van der Waals surface area contributed by atoms with Crippen molar-refractivity contribution in [3.05, 3.63) is 35.9 Å². The minimum Gasteiger partial charge on any atom is -0.458 e. The average Bonchev–Trinajstić information content (AvgIpc) is 2.66. The van der Waals surface area contributed by atoms with Crippen molar-refractivity contribution in [3.8, 4) is 0 Å². The maximum Gasteiger partial charge on any atom is 0.418 e. The second-order valence-corrected chi connectivity index (χ2v) is 10.0. The molecule has 1 aliphatic heterocycles. The molecule has 1 saturated heterocycles. The molecule has 1 aliphatic rings. The first-order valence-electron chi connectivity index (χ1n) is 11.0. The van der Waals surface area contributed by atoms with E-state index < -0.39 is 40.8 Å². The molecule has 1 atom stereocenters. The number of hydrogen-bond donors (Lipinski definition) is 1. The molecule has 182 valence electrons. The molecule has 0 aromatic heterocycles. The van der Waals surface area contributed by atoms with E-state index >= 15 is 0 Å². The molecule has 1 aromatic carbocycles. The zero-order valence-electron chi connectivity index (χ0n) is 20.2. The van der Waals surface area contributed by atoms with Crippen LogP contribution in [-0.4, -0.2) is 52.2 Å². The molecule has 0 radical (unpaired) electrons. The summed E-state index contributed by atoms with van der Waals surface area (Å²) in [5, 5.41) is 2.62. The minimum atomic E-state index is -1.47. The summed E-state index contributed by atoms with van der Waals surface area (Å²) >= 11 is 0. The molecular formula is C24H34N2O7. The number of ether oxygens (including phenoxy) is 3. The molecule has 2 rings (SSSR count). The quantitative estimate of drug-likeness (QED) is 0.283. The van der Waals surface area contributed by atoms with Gasteiger partial charge in [-0.3, -0.25) is 4.79 Å². The first kappa shape index (κ1) is 26.2. The number of carbonyl (C=O) groups excluding carboxylic acids is 4. The fourth-order valence-electron chi connectivity index (χ4n) is 3.32. The number of nitrogens with one attached hydrogen (secondary N) is 1. The van der Waals surface area contributed by atoms with Crippen LogP contribution in [0.1, 0.15) is 66.4 Å². The molecule has 1 fully saturated rings. The van der Waals surface area contributed by atoms with Crippen LogP contribution in [0.15, 0.2) is 30.3 Å². The molecule has 0 aliphatic carbocycles. The van der Waals surface area contributed by atoms with Crippen LogP contribution in [0.5, 0.6) is 0 Å². The number of β-lactam (4-membered cyclic amide) rings is 1. The van der Waals surface area contributed by atoms with E-state index in [1.54, 1.807) is 41.5 Å². The second-order valence-electron chi connectivity index (χ2n) is 10.0.